The molecule has 0 aliphatic heterocycles. The standard InChI is InChI=1S/C15H21N/c1-3-5-11-15(4-2,12-13-16)14-9-7-6-8-10-14/h6-10H,3-5,11-12H2,1-2H3/t15-/m1/s1. The van der Waals surface area contributed by atoms with Crippen LogP contribution >= 0.6 is 0 Å². The molecular weight excluding hydrogens is 194 g/mol. The van der Waals surface area contributed by atoms with E-state index in [1.54, 1.807) is 0 Å². The van der Waals surface area contributed by atoms with Crippen LogP contribution in [-0.4, -0.2) is 0 Å². The maximum Gasteiger partial charge on any atom is 0.0631 e. The molecule has 1 rings (SSSR count). The van der Waals surface area contributed by atoms with Gasteiger partial charge in [0.1, 0.15) is 0 Å². The van der Waals surface area contributed by atoms with Crippen molar-refractivity contribution in [1.29, 1.82) is 5.26 Å². The van der Waals surface area contributed by atoms with Gasteiger partial charge in [0, 0.05) is 11.8 Å². The van der Waals surface area contributed by atoms with Crippen LogP contribution in [0.1, 0.15) is 51.5 Å². The predicted molar refractivity (Wildman–Crippen MR) is 68.2 cm³/mol. The summed E-state index contributed by atoms with van der Waals surface area (Å²) in [5.41, 5.74) is 1.40. The van der Waals surface area contributed by atoms with Gasteiger partial charge in [0.25, 0.3) is 0 Å². The summed E-state index contributed by atoms with van der Waals surface area (Å²) >= 11 is 0. The van der Waals surface area contributed by atoms with Crippen LogP contribution in [0.15, 0.2) is 30.3 Å². The van der Waals surface area contributed by atoms with E-state index in [4.69, 9.17) is 5.26 Å². The molecule has 1 aromatic carbocycles. The molecule has 0 aromatic heterocycles. The lowest BCUT2D eigenvalue weighted by Gasteiger charge is -2.31. The van der Waals surface area contributed by atoms with Crippen LogP contribution in [0.3, 0.4) is 0 Å². The van der Waals surface area contributed by atoms with Gasteiger partial charge >= 0.3 is 0 Å². The highest BCUT2D eigenvalue weighted by Crippen LogP contribution is 2.36. The third-order valence-corrected chi connectivity index (χ3v) is 3.49. The summed E-state index contributed by atoms with van der Waals surface area (Å²) in [6, 6.07) is 12.9. The molecule has 0 saturated carbocycles. The zero-order valence-corrected chi connectivity index (χ0v) is 10.4. The lowest BCUT2D eigenvalue weighted by atomic mass is 9.72. The normalized spacial score (nSPS) is 14.1. The highest BCUT2D eigenvalue weighted by atomic mass is 14.3. The first-order chi connectivity index (χ1) is 7.79. The Morgan fingerprint density at radius 1 is 1.19 bits per heavy atom. The molecule has 1 aromatic rings. The van der Waals surface area contributed by atoms with Gasteiger partial charge in [-0.3, -0.25) is 0 Å². The van der Waals surface area contributed by atoms with E-state index in [1.165, 1.54) is 18.4 Å². The molecule has 1 atom stereocenters. The summed E-state index contributed by atoms with van der Waals surface area (Å²) in [7, 11) is 0. The van der Waals surface area contributed by atoms with Gasteiger partial charge in [-0.1, -0.05) is 57.0 Å². The van der Waals surface area contributed by atoms with E-state index in [-0.39, 0.29) is 5.41 Å². The highest BCUT2D eigenvalue weighted by molar-refractivity contribution is 5.26. The van der Waals surface area contributed by atoms with E-state index < -0.39 is 0 Å². The largest absolute Gasteiger partial charge is 0.198 e. The second-order valence-corrected chi connectivity index (χ2v) is 4.44. The van der Waals surface area contributed by atoms with E-state index in [0.717, 1.165) is 12.8 Å². The topological polar surface area (TPSA) is 23.8 Å². The van der Waals surface area contributed by atoms with E-state index in [9.17, 15) is 0 Å². The molecule has 1 heteroatoms. The molecule has 1 nitrogen and oxygen atoms in total. The fraction of sp³-hybridized carbons (Fsp3) is 0.533. The molecule has 0 heterocycles. The molecule has 0 radical (unpaired) electrons. The Morgan fingerprint density at radius 3 is 2.38 bits per heavy atom. The van der Waals surface area contributed by atoms with Crippen molar-refractivity contribution in [3.63, 3.8) is 0 Å². The van der Waals surface area contributed by atoms with Crippen molar-refractivity contribution in [2.45, 2.75) is 51.4 Å². The Balaban J connectivity index is 2.98. The van der Waals surface area contributed by atoms with E-state index >= 15 is 0 Å². The van der Waals surface area contributed by atoms with Gasteiger partial charge in [0.15, 0.2) is 0 Å². The average molecular weight is 215 g/mol. The quantitative estimate of drug-likeness (QED) is 0.688. The predicted octanol–water partition coefficient (Wildman–Crippen LogP) is 4.44. The fourth-order valence-electron chi connectivity index (χ4n) is 2.30. The molecule has 16 heavy (non-hydrogen) atoms. The Hall–Kier alpha value is -1.29. The number of nitriles is 1. The number of hydrogen-bond donors (Lipinski definition) is 0. The van der Waals surface area contributed by atoms with Crippen LogP contribution in [0.25, 0.3) is 0 Å². The molecular formula is C15H21N. The van der Waals surface area contributed by atoms with Gasteiger partial charge in [0.05, 0.1) is 6.07 Å². The zero-order valence-electron chi connectivity index (χ0n) is 10.4. The summed E-state index contributed by atoms with van der Waals surface area (Å²) in [6.07, 6.45) is 5.19. The van der Waals surface area contributed by atoms with Crippen molar-refractivity contribution in [3.05, 3.63) is 35.9 Å². The van der Waals surface area contributed by atoms with Gasteiger partial charge in [-0.2, -0.15) is 5.26 Å². The average Bonchev–Trinajstić information content (AvgIpc) is 2.36. The molecule has 0 spiro atoms. The number of rotatable bonds is 6. The molecule has 0 bridgehead atoms. The highest BCUT2D eigenvalue weighted by Gasteiger charge is 2.29. The number of unbranched alkanes of at least 4 members (excludes halogenated alkanes) is 1. The van der Waals surface area contributed by atoms with Gasteiger partial charge in [-0.05, 0) is 18.4 Å². The second-order valence-electron chi connectivity index (χ2n) is 4.44. The summed E-state index contributed by atoms with van der Waals surface area (Å²) in [5, 5.41) is 9.04. The minimum atomic E-state index is 0.0754. The number of hydrogen-bond acceptors (Lipinski definition) is 1. The molecule has 0 saturated heterocycles. The molecule has 0 fully saturated rings. The lowest BCUT2D eigenvalue weighted by Crippen LogP contribution is -2.24. The smallest absolute Gasteiger partial charge is 0.0631 e. The van der Waals surface area contributed by atoms with Gasteiger partial charge in [-0.15, -0.1) is 0 Å². The Labute approximate surface area is 99.1 Å². The molecule has 0 amide bonds. The fourth-order valence-corrected chi connectivity index (χ4v) is 2.30. The van der Waals surface area contributed by atoms with Crippen LogP contribution in [0, 0.1) is 11.3 Å². The van der Waals surface area contributed by atoms with Gasteiger partial charge in [-0.25, -0.2) is 0 Å². The van der Waals surface area contributed by atoms with Gasteiger partial charge < -0.3 is 0 Å². The third kappa shape index (κ3) is 2.85. The van der Waals surface area contributed by atoms with E-state index in [1.807, 2.05) is 6.07 Å². The van der Waals surface area contributed by atoms with Crippen LogP contribution < -0.4 is 0 Å². The molecule has 86 valence electrons. The van der Waals surface area contributed by atoms with Crippen LogP contribution in [0.5, 0.6) is 0 Å². The first-order valence-corrected chi connectivity index (χ1v) is 6.21. The Kier molecular flexibility index (Phi) is 5.05. The summed E-state index contributed by atoms with van der Waals surface area (Å²) in [4.78, 5) is 0. The minimum absolute atomic E-state index is 0.0754. The first-order valence-electron chi connectivity index (χ1n) is 6.21. The van der Waals surface area contributed by atoms with E-state index in [2.05, 4.69) is 44.2 Å². The Bertz CT molecular complexity index is 336. The second kappa shape index (κ2) is 6.33. The lowest BCUT2D eigenvalue weighted by molar-refractivity contribution is 0.373. The van der Waals surface area contributed by atoms with Crippen molar-refractivity contribution in [1.82, 2.24) is 0 Å². The van der Waals surface area contributed by atoms with Crippen molar-refractivity contribution in [3.8, 4) is 6.07 Å². The van der Waals surface area contributed by atoms with Crippen molar-refractivity contribution in [2.75, 3.05) is 0 Å². The molecule has 0 aliphatic rings. The molecule has 0 N–H and O–H groups in total. The molecule has 0 aliphatic carbocycles. The molecule has 0 unspecified atom stereocenters. The summed E-state index contributed by atoms with van der Waals surface area (Å²) in [6.45, 7) is 4.40. The van der Waals surface area contributed by atoms with E-state index in [0.29, 0.717) is 6.42 Å². The summed E-state index contributed by atoms with van der Waals surface area (Å²) in [5.74, 6) is 0. The summed E-state index contributed by atoms with van der Waals surface area (Å²) < 4.78 is 0. The maximum absolute atomic E-state index is 9.04. The first kappa shape index (κ1) is 12.8. The van der Waals surface area contributed by atoms with Crippen molar-refractivity contribution in [2.24, 2.45) is 0 Å². The SMILES string of the molecule is CCCC[C@](CC)(CC#N)c1ccccc1. The monoisotopic (exact) mass is 215 g/mol. The number of nitrogens with zero attached hydrogens (tertiary/aromatic N) is 1. The number of benzene rings is 1. The van der Waals surface area contributed by atoms with Gasteiger partial charge in [0.2, 0.25) is 0 Å². The van der Waals surface area contributed by atoms with Crippen LogP contribution in [0.2, 0.25) is 0 Å². The van der Waals surface area contributed by atoms with Crippen molar-refractivity contribution >= 4 is 0 Å². The minimum Gasteiger partial charge on any atom is -0.198 e. The third-order valence-electron chi connectivity index (χ3n) is 3.49. The Morgan fingerprint density at radius 2 is 1.88 bits per heavy atom. The van der Waals surface area contributed by atoms with Crippen molar-refractivity contribution < 1.29 is 0 Å². The van der Waals surface area contributed by atoms with Crippen LogP contribution in [-0.2, 0) is 5.41 Å². The maximum atomic E-state index is 9.04. The van der Waals surface area contributed by atoms with Crippen LogP contribution in [0.4, 0.5) is 0 Å². The zero-order chi connectivity index (χ0) is 11.9.